The number of hydrogen-bond donors (Lipinski definition) is 1. The van der Waals surface area contributed by atoms with Gasteiger partial charge in [-0.05, 0) is 42.3 Å². The highest BCUT2D eigenvalue weighted by Gasteiger charge is 2.31. The summed E-state index contributed by atoms with van der Waals surface area (Å²) in [6.07, 6.45) is -4.74. The van der Waals surface area contributed by atoms with Gasteiger partial charge in [0.15, 0.2) is 0 Å². The summed E-state index contributed by atoms with van der Waals surface area (Å²) in [5.74, 6) is -0.718. The first-order chi connectivity index (χ1) is 10.3. The summed E-state index contributed by atoms with van der Waals surface area (Å²) in [5, 5.41) is 2.72. The molecule has 116 valence electrons. The molecule has 2 aromatic rings. The van der Waals surface area contributed by atoms with E-state index in [1.807, 2.05) is 31.2 Å². The highest BCUT2D eigenvalue weighted by molar-refractivity contribution is 5.94. The van der Waals surface area contributed by atoms with E-state index in [9.17, 15) is 18.0 Å². The molecular weight excluding hydrogens is 295 g/mol. The van der Waals surface area contributed by atoms with Crippen molar-refractivity contribution in [3.63, 3.8) is 0 Å². The van der Waals surface area contributed by atoms with Crippen molar-refractivity contribution in [1.29, 1.82) is 0 Å². The summed E-state index contributed by atoms with van der Waals surface area (Å²) >= 11 is 0. The molecule has 0 aliphatic rings. The van der Waals surface area contributed by atoms with Crippen molar-refractivity contribution >= 4 is 5.91 Å². The molecule has 3 nitrogen and oxygen atoms in total. The molecule has 22 heavy (non-hydrogen) atoms. The predicted molar refractivity (Wildman–Crippen MR) is 75.5 cm³/mol. The molecular formula is C16H14F3NO2. The quantitative estimate of drug-likeness (QED) is 0.932. The van der Waals surface area contributed by atoms with Crippen LogP contribution < -0.4 is 10.1 Å². The summed E-state index contributed by atoms with van der Waals surface area (Å²) < 4.78 is 39.9. The summed E-state index contributed by atoms with van der Waals surface area (Å²) in [7, 11) is 0. The van der Waals surface area contributed by atoms with Crippen molar-refractivity contribution in [1.82, 2.24) is 5.32 Å². The van der Waals surface area contributed by atoms with Crippen LogP contribution in [0.15, 0.2) is 48.5 Å². The van der Waals surface area contributed by atoms with E-state index in [2.05, 4.69) is 10.1 Å². The third-order valence-corrected chi connectivity index (χ3v) is 3.05. The number of rotatable bonds is 4. The van der Waals surface area contributed by atoms with Crippen molar-refractivity contribution in [2.24, 2.45) is 0 Å². The van der Waals surface area contributed by atoms with Crippen molar-refractivity contribution in [3.8, 4) is 5.75 Å². The number of ether oxygens (including phenoxy) is 1. The number of halogens is 3. The van der Waals surface area contributed by atoms with Crippen LogP contribution in [0.1, 0.15) is 21.5 Å². The van der Waals surface area contributed by atoms with Crippen LogP contribution in [-0.2, 0) is 6.54 Å². The van der Waals surface area contributed by atoms with E-state index in [-0.39, 0.29) is 17.2 Å². The van der Waals surface area contributed by atoms with Gasteiger partial charge in [0.05, 0.1) is 0 Å². The maximum absolute atomic E-state index is 12.0. The average Bonchev–Trinajstić information content (AvgIpc) is 2.45. The lowest BCUT2D eigenvalue weighted by molar-refractivity contribution is -0.274. The van der Waals surface area contributed by atoms with Gasteiger partial charge in [-0.15, -0.1) is 13.2 Å². The maximum Gasteiger partial charge on any atom is 0.573 e. The topological polar surface area (TPSA) is 38.3 Å². The van der Waals surface area contributed by atoms with E-state index >= 15 is 0 Å². The molecule has 0 atom stereocenters. The van der Waals surface area contributed by atoms with Crippen molar-refractivity contribution in [2.45, 2.75) is 19.8 Å². The molecule has 2 rings (SSSR count). The molecule has 0 aliphatic carbocycles. The summed E-state index contributed by atoms with van der Waals surface area (Å²) in [5.41, 5.74) is 2.30. The zero-order valence-corrected chi connectivity index (χ0v) is 11.8. The Hall–Kier alpha value is -2.50. The Kier molecular flexibility index (Phi) is 4.70. The van der Waals surface area contributed by atoms with E-state index < -0.39 is 6.36 Å². The molecule has 0 fully saturated rings. The Balaban J connectivity index is 1.97. The van der Waals surface area contributed by atoms with Gasteiger partial charge in [0, 0.05) is 12.1 Å². The number of hydrogen-bond acceptors (Lipinski definition) is 2. The number of aryl methyl sites for hydroxylation is 1. The zero-order valence-electron chi connectivity index (χ0n) is 11.8. The first kappa shape index (κ1) is 15.9. The number of carbonyl (C=O) groups excluding carboxylic acids is 1. The Morgan fingerprint density at radius 1 is 1.09 bits per heavy atom. The van der Waals surface area contributed by atoms with Gasteiger partial charge in [-0.1, -0.05) is 24.3 Å². The fourth-order valence-electron chi connectivity index (χ4n) is 1.89. The molecule has 1 amide bonds. The minimum absolute atomic E-state index is 0.267. The van der Waals surface area contributed by atoms with Crippen LogP contribution in [0.3, 0.4) is 0 Å². The Morgan fingerprint density at radius 3 is 2.32 bits per heavy atom. The molecule has 1 N–H and O–H groups in total. The van der Waals surface area contributed by atoms with E-state index in [0.29, 0.717) is 6.54 Å². The van der Waals surface area contributed by atoms with Gasteiger partial charge in [0.2, 0.25) is 0 Å². The third-order valence-electron chi connectivity index (χ3n) is 3.05. The second-order valence-electron chi connectivity index (χ2n) is 4.68. The van der Waals surface area contributed by atoms with Crippen molar-refractivity contribution in [3.05, 3.63) is 65.2 Å². The van der Waals surface area contributed by atoms with Gasteiger partial charge in [-0.25, -0.2) is 0 Å². The molecule has 0 radical (unpaired) electrons. The standard InChI is InChI=1S/C16H14F3NO2/c1-11-4-2-3-5-13(11)10-20-15(21)12-6-8-14(9-7-12)22-16(17,18)19/h2-9H,10H2,1H3,(H,20,21). The fraction of sp³-hybridized carbons (Fsp3) is 0.188. The second-order valence-corrected chi connectivity index (χ2v) is 4.68. The Morgan fingerprint density at radius 2 is 1.73 bits per heavy atom. The summed E-state index contributed by atoms with van der Waals surface area (Å²) in [6.45, 7) is 2.29. The Labute approximate surface area is 125 Å². The lowest BCUT2D eigenvalue weighted by atomic mass is 10.1. The number of amides is 1. The Bertz CT molecular complexity index is 651. The first-order valence-electron chi connectivity index (χ1n) is 6.54. The van der Waals surface area contributed by atoms with Gasteiger partial charge in [0.1, 0.15) is 5.75 Å². The molecule has 0 saturated carbocycles. The maximum atomic E-state index is 12.0. The predicted octanol–water partition coefficient (Wildman–Crippen LogP) is 3.82. The molecule has 0 spiro atoms. The molecule has 0 aromatic heterocycles. The second kappa shape index (κ2) is 6.51. The van der Waals surface area contributed by atoms with Crippen LogP contribution in [0, 0.1) is 6.92 Å². The molecule has 2 aromatic carbocycles. The molecule has 6 heteroatoms. The SMILES string of the molecule is Cc1ccccc1CNC(=O)c1ccc(OC(F)(F)F)cc1. The van der Waals surface area contributed by atoms with Gasteiger partial charge < -0.3 is 10.1 Å². The van der Waals surface area contributed by atoms with E-state index in [1.54, 1.807) is 0 Å². The van der Waals surface area contributed by atoms with Crippen LogP contribution in [0.2, 0.25) is 0 Å². The summed E-state index contributed by atoms with van der Waals surface area (Å²) in [6, 6.07) is 12.4. The normalized spacial score (nSPS) is 11.1. The smallest absolute Gasteiger partial charge is 0.406 e. The largest absolute Gasteiger partial charge is 0.573 e. The summed E-state index contributed by atoms with van der Waals surface area (Å²) in [4.78, 5) is 12.0. The van der Waals surface area contributed by atoms with Crippen molar-refractivity contribution < 1.29 is 22.7 Å². The fourth-order valence-corrected chi connectivity index (χ4v) is 1.89. The van der Waals surface area contributed by atoms with Crippen molar-refractivity contribution in [2.75, 3.05) is 0 Å². The van der Waals surface area contributed by atoms with Gasteiger partial charge in [-0.3, -0.25) is 4.79 Å². The lowest BCUT2D eigenvalue weighted by Crippen LogP contribution is -2.23. The van der Waals surface area contributed by atoms with Gasteiger partial charge in [0.25, 0.3) is 5.91 Å². The third kappa shape index (κ3) is 4.51. The highest BCUT2D eigenvalue weighted by Crippen LogP contribution is 2.22. The minimum atomic E-state index is -4.74. The highest BCUT2D eigenvalue weighted by atomic mass is 19.4. The molecule has 0 unspecified atom stereocenters. The van der Waals surface area contributed by atoms with Crippen LogP contribution in [-0.4, -0.2) is 12.3 Å². The number of carbonyl (C=O) groups is 1. The molecule has 0 saturated heterocycles. The van der Waals surface area contributed by atoms with Crippen LogP contribution in [0.25, 0.3) is 0 Å². The molecule has 0 bridgehead atoms. The van der Waals surface area contributed by atoms with Crippen LogP contribution >= 0.6 is 0 Å². The minimum Gasteiger partial charge on any atom is -0.406 e. The number of benzene rings is 2. The lowest BCUT2D eigenvalue weighted by Gasteiger charge is -2.10. The van der Waals surface area contributed by atoms with E-state index in [0.717, 1.165) is 23.3 Å². The van der Waals surface area contributed by atoms with Gasteiger partial charge in [-0.2, -0.15) is 0 Å². The zero-order chi connectivity index (χ0) is 16.2. The number of nitrogens with one attached hydrogen (secondary N) is 1. The van der Waals surface area contributed by atoms with Crippen LogP contribution in [0.4, 0.5) is 13.2 Å². The van der Waals surface area contributed by atoms with Crippen LogP contribution in [0.5, 0.6) is 5.75 Å². The average molecular weight is 309 g/mol. The monoisotopic (exact) mass is 309 g/mol. The number of alkyl halides is 3. The van der Waals surface area contributed by atoms with E-state index in [4.69, 9.17) is 0 Å². The first-order valence-corrected chi connectivity index (χ1v) is 6.54. The molecule has 0 heterocycles. The molecule has 0 aliphatic heterocycles. The van der Waals surface area contributed by atoms with E-state index in [1.165, 1.54) is 12.1 Å². The van der Waals surface area contributed by atoms with Gasteiger partial charge >= 0.3 is 6.36 Å².